The SMILES string of the molecule is CCn1cc(C(=O)N2CCCN(CC(O)c3ccccc3)CC2)cn1. The summed E-state index contributed by atoms with van der Waals surface area (Å²) in [6.45, 7) is 6.45. The third-order valence-electron chi connectivity index (χ3n) is 4.70. The van der Waals surface area contributed by atoms with E-state index >= 15 is 0 Å². The van der Waals surface area contributed by atoms with Gasteiger partial charge in [-0.05, 0) is 18.9 Å². The average Bonchev–Trinajstić information content (AvgIpc) is 3.02. The van der Waals surface area contributed by atoms with Gasteiger partial charge in [0.1, 0.15) is 0 Å². The van der Waals surface area contributed by atoms with E-state index in [0.717, 1.165) is 38.2 Å². The number of aliphatic hydroxyl groups is 1. The Labute approximate surface area is 148 Å². The topological polar surface area (TPSA) is 61.6 Å². The first-order valence-corrected chi connectivity index (χ1v) is 8.94. The number of carbonyl (C=O) groups excluding carboxylic acids is 1. The Morgan fingerprint density at radius 3 is 2.72 bits per heavy atom. The largest absolute Gasteiger partial charge is 0.387 e. The second kappa shape index (κ2) is 8.27. The van der Waals surface area contributed by atoms with Gasteiger partial charge in [-0.1, -0.05) is 30.3 Å². The molecule has 6 nitrogen and oxygen atoms in total. The Morgan fingerprint density at radius 1 is 1.20 bits per heavy atom. The third kappa shape index (κ3) is 4.46. The molecule has 6 heteroatoms. The Morgan fingerprint density at radius 2 is 2.00 bits per heavy atom. The van der Waals surface area contributed by atoms with E-state index in [4.69, 9.17) is 0 Å². The van der Waals surface area contributed by atoms with Crippen molar-refractivity contribution < 1.29 is 9.90 Å². The van der Waals surface area contributed by atoms with Gasteiger partial charge < -0.3 is 10.0 Å². The molecule has 0 bridgehead atoms. The molecule has 1 aromatic carbocycles. The van der Waals surface area contributed by atoms with E-state index in [1.807, 2.05) is 48.4 Å². The first-order valence-electron chi connectivity index (χ1n) is 8.94. The number of nitrogens with zero attached hydrogens (tertiary/aromatic N) is 4. The second-order valence-electron chi connectivity index (χ2n) is 6.46. The fraction of sp³-hybridized carbons (Fsp3) is 0.474. The summed E-state index contributed by atoms with van der Waals surface area (Å²) in [7, 11) is 0. The fourth-order valence-corrected chi connectivity index (χ4v) is 3.21. The zero-order valence-corrected chi connectivity index (χ0v) is 14.7. The number of benzene rings is 1. The summed E-state index contributed by atoms with van der Waals surface area (Å²) in [6, 6.07) is 9.73. The molecule has 25 heavy (non-hydrogen) atoms. The van der Waals surface area contributed by atoms with Crippen molar-refractivity contribution in [2.75, 3.05) is 32.7 Å². The van der Waals surface area contributed by atoms with Crippen LogP contribution in [0.2, 0.25) is 0 Å². The van der Waals surface area contributed by atoms with Crippen LogP contribution in [-0.2, 0) is 6.54 Å². The van der Waals surface area contributed by atoms with Gasteiger partial charge in [0.15, 0.2) is 0 Å². The maximum Gasteiger partial charge on any atom is 0.257 e. The van der Waals surface area contributed by atoms with Crippen LogP contribution in [-0.4, -0.2) is 63.3 Å². The lowest BCUT2D eigenvalue weighted by molar-refractivity contribution is 0.0754. The number of β-amino-alcohol motifs (C(OH)–C–C–N with tert-alkyl or cyclic N) is 1. The molecule has 134 valence electrons. The molecule has 1 atom stereocenters. The van der Waals surface area contributed by atoms with Gasteiger partial charge in [-0.2, -0.15) is 5.10 Å². The number of carbonyl (C=O) groups is 1. The molecule has 1 aromatic heterocycles. The van der Waals surface area contributed by atoms with Crippen molar-refractivity contribution in [3.63, 3.8) is 0 Å². The first-order chi connectivity index (χ1) is 12.2. The molecule has 0 aliphatic carbocycles. The van der Waals surface area contributed by atoms with Gasteiger partial charge >= 0.3 is 0 Å². The van der Waals surface area contributed by atoms with Crippen LogP contribution in [0.5, 0.6) is 0 Å². The average molecular weight is 342 g/mol. The molecule has 1 saturated heterocycles. The molecular formula is C19H26N4O2. The van der Waals surface area contributed by atoms with E-state index in [1.54, 1.807) is 10.9 Å². The summed E-state index contributed by atoms with van der Waals surface area (Å²) >= 11 is 0. The summed E-state index contributed by atoms with van der Waals surface area (Å²) < 4.78 is 1.77. The van der Waals surface area contributed by atoms with Crippen LogP contribution in [0, 0.1) is 0 Å². The minimum Gasteiger partial charge on any atom is -0.387 e. The number of hydrogen-bond acceptors (Lipinski definition) is 4. The van der Waals surface area contributed by atoms with E-state index in [1.165, 1.54) is 0 Å². The lowest BCUT2D eigenvalue weighted by Crippen LogP contribution is -2.36. The minimum absolute atomic E-state index is 0.0464. The van der Waals surface area contributed by atoms with E-state index < -0.39 is 6.10 Å². The second-order valence-corrected chi connectivity index (χ2v) is 6.46. The Hall–Kier alpha value is -2.18. The van der Waals surface area contributed by atoms with Crippen LogP contribution in [0.4, 0.5) is 0 Å². The predicted octanol–water partition coefficient (Wildman–Crippen LogP) is 1.78. The highest BCUT2D eigenvalue weighted by Gasteiger charge is 2.22. The lowest BCUT2D eigenvalue weighted by Gasteiger charge is -2.24. The zero-order valence-electron chi connectivity index (χ0n) is 14.7. The predicted molar refractivity (Wildman–Crippen MR) is 96.3 cm³/mol. The van der Waals surface area contributed by atoms with Crippen molar-refractivity contribution in [2.45, 2.75) is 26.0 Å². The summed E-state index contributed by atoms with van der Waals surface area (Å²) in [5, 5.41) is 14.6. The van der Waals surface area contributed by atoms with Gasteiger partial charge in [-0.15, -0.1) is 0 Å². The molecule has 1 aliphatic heterocycles. The van der Waals surface area contributed by atoms with Gasteiger partial charge in [0.05, 0.1) is 17.9 Å². The van der Waals surface area contributed by atoms with Crippen LogP contribution < -0.4 is 0 Å². The maximum atomic E-state index is 12.6. The molecule has 1 aliphatic rings. The van der Waals surface area contributed by atoms with Gasteiger partial charge in [-0.25, -0.2) is 0 Å². The summed E-state index contributed by atoms with van der Waals surface area (Å²) in [5.41, 5.74) is 1.59. The molecule has 1 fully saturated rings. The molecule has 1 amide bonds. The number of rotatable bonds is 5. The molecule has 2 aromatic rings. The van der Waals surface area contributed by atoms with Crippen LogP contribution >= 0.6 is 0 Å². The highest BCUT2D eigenvalue weighted by atomic mass is 16.3. The molecule has 1 unspecified atom stereocenters. The van der Waals surface area contributed by atoms with E-state index in [0.29, 0.717) is 18.7 Å². The summed E-state index contributed by atoms with van der Waals surface area (Å²) in [5.74, 6) is 0.0464. The van der Waals surface area contributed by atoms with Crippen molar-refractivity contribution in [3.8, 4) is 0 Å². The van der Waals surface area contributed by atoms with Crippen molar-refractivity contribution in [1.29, 1.82) is 0 Å². The molecule has 2 heterocycles. The Balaban J connectivity index is 1.56. The number of amides is 1. The van der Waals surface area contributed by atoms with E-state index in [2.05, 4.69) is 10.00 Å². The van der Waals surface area contributed by atoms with E-state index in [-0.39, 0.29) is 5.91 Å². The molecule has 3 rings (SSSR count). The van der Waals surface area contributed by atoms with Crippen LogP contribution in [0.25, 0.3) is 0 Å². The third-order valence-corrected chi connectivity index (χ3v) is 4.70. The monoisotopic (exact) mass is 342 g/mol. The summed E-state index contributed by atoms with van der Waals surface area (Å²) in [4.78, 5) is 16.8. The van der Waals surface area contributed by atoms with Gasteiger partial charge in [0, 0.05) is 45.5 Å². The highest BCUT2D eigenvalue weighted by Crippen LogP contribution is 2.16. The first kappa shape index (κ1) is 17.6. The number of aryl methyl sites for hydroxylation is 1. The van der Waals surface area contributed by atoms with Crippen molar-refractivity contribution in [2.24, 2.45) is 0 Å². The number of hydrogen-bond donors (Lipinski definition) is 1. The number of aromatic nitrogens is 2. The zero-order chi connectivity index (χ0) is 17.6. The van der Waals surface area contributed by atoms with Gasteiger partial charge in [0.25, 0.3) is 5.91 Å². The van der Waals surface area contributed by atoms with Crippen LogP contribution in [0.1, 0.15) is 35.4 Å². The van der Waals surface area contributed by atoms with E-state index in [9.17, 15) is 9.90 Å². The molecule has 1 N–H and O–H groups in total. The Kier molecular flexibility index (Phi) is 5.83. The van der Waals surface area contributed by atoms with Crippen LogP contribution in [0.3, 0.4) is 0 Å². The molecule has 0 saturated carbocycles. The normalized spacial score (nSPS) is 17.3. The fourth-order valence-electron chi connectivity index (χ4n) is 3.21. The van der Waals surface area contributed by atoms with Gasteiger partial charge in [-0.3, -0.25) is 14.4 Å². The number of aliphatic hydroxyl groups excluding tert-OH is 1. The van der Waals surface area contributed by atoms with Crippen molar-refractivity contribution in [3.05, 3.63) is 53.9 Å². The smallest absolute Gasteiger partial charge is 0.257 e. The summed E-state index contributed by atoms with van der Waals surface area (Å²) in [6.07, 6.45) is 3.87. The Bertz CT molecular complexity index is 686. The van der Waals surface area contributed by atoms with Crippen molar-refractivity contribution >= 4 is 5.91 Å². The van der Waals surface area contributed by atoms with Crippen LogP contribution in [0.15, 0.2) is 42.7 Å². The van der Waals surface area contributed by atoms with Crippen molar-refractivity contribution in [1.82, 2.24) is 19.6 Å². The molecule has 0 spiro atoms. The molecule has 0 radical (unpaired) electrons. The molecular weight excluding hydrogens is 316 g/mol. The quantitative estimate of drug-likeness (QED) is 0.900. The van der Waals surface area contributed by atoms with Gasteiger partial charge in [0.2, 0.25) is 0 Å². The minimum atomic E-state index is -0.494. The standard InChI is InChI=1S/C19H26N4O2/c1-2-23-14-17(13-20-23)19(25)22-10-6-9-21(11-12-22)15-18(24)16-7-4-3-5-8-16/h3-5,7-8,13-14,18,24H,2,6,9-12,15H2,1H3. The lowest BCUT2D eigenvalue weighted by atomic mass is 10.1. The highest BCUT2D eigenvalue weighted by molar-refractivity contribution is 5.93. The maximum absolute atomic E-state index is 12.6.